The minimum Gasteiger partial charge on any atom is -0.378 e. The Bertz CT molecular complexity index is 481. The van der Waals surface area contributed by atoms with Gasteiger partial charge in [-0.2, -0.15) is 0 Å². The van der Waals surface area contributed by atoms with Gasteiger partial charge in [0.25, 0.3) is 5.91 Å². The molecule has 1 saturated heterocycles. The van der Waals surface area contributed by atoms with E-state index in [9.17, 15) is 9.59 Å². The van der Waals surface area contributed by atoms with Crippen LogP contribution >= 0.6 is 0 Å². The molecule has 1 heterocycles. The minimum atomic E-state index is -0.698. The molecule has 0 spiro atoms. The minimum absolute atomic E-state index is 0.000880. The molecule has 0 saturated carbocycles. The summed E-state index contributed by atoms with van der Waals surface area (Å²) in [5, 5.41) is 0. The van der Waals surface area contributed by atoms with Gasteiger partial charge in [-0.1, -0.05) is 12.1 Å². The molecule has 0 bridgehead atoms. The van der Waals surface area contributed by atoms with Crippen molar-refractivity contribution in [1.82, 2.24) is 4.90 Å². The molecule has 2 rings (SSSR count). The molecule has 6 heteroatoms. The number of morpholine rings is 1. The smallest absolute Gasteiger partial charge is 0.254 e. The van der Waals surface area contributed by atoms with E-state index in [4.69, 9.17) is 16.2 Å². The molecule has 0 aromatic heterocycles. The number of nitrogens with two attached hydrogens (primary N) is 2. The van der Waals surface area contributed by atoms with E-state index in [1.165, 1.54) is 0 Å². The average Bonchev–Trinajstić information content (AvgIpc) is 2.48. The quantitative estimate of drug-likeness (QED) is 0.776. The summed E-state index contributed by atoms with van der Waals surface area (Å²) in [5.74, 6) is -0.530. The SMILES string of the molecule is NC(=O)[C@@H](N)Cc1ccc(C(=O)N2CCOCC2)cc1. The second kappa shape index (κ2) is 6.49. The van der Waals surface area contributed by atoms with Crippen molar-refractivity contribution >= 4 is 11.8 Å². The highest BCUT2D eigenvalue weighted by Gasteiger charge is 2.18. The van der Waals surface area contributed by atoms with E-state index >= 15 is 0 Å². The van der Waals surface area contributed by atoms with Crippen LogP contribution in [0.25, 0.3) is 0 Å². The number of carbonyl (C=O) groups is 2. The van der Waals surface area contributed by atoms with Gasteiger partial charge in [0.15, 0.2) is 0 Å². The largest absolute Gasteiger partial charge is 0.378 e. The zero-order valence-electron chi connectivity index (χ0n) is 11.2. The maximum absolute atomic E-state index is 12.2. The Morgan fingerprint density at radius 1 is 1.20 bits per heavy atom. The van der Waals surface area contributed by atoms with Gasteiger partial charge in [-0.3, -0.25) is 9.59 Å². The summed E-state index contributed by atoms with van der Waals surface area (Å²) in [6.07, 6.45) is 0.376. The van der Waals surface area contributed by atoms with E-state index in [2.05, 4.69) is 0 Å². The fourth-order valence-corrected chi connectivity index (χ4v) is 2.09. The summed E-state index contributed by atoms with van der Waals surface area (Å²) in [4.78, 5) is 24.9. The van der Waals surface area contributed by atoms with Crippen LogP contribution in [-0.2, 0) is 16.0 Å². The number of primary amides is 1. The first-order valence-corrected chi connectivity index (χ1v) is 6.59. The lowest BCUT2D eigenvalue weighted by Crippen LogP contribution is -2.40. The normalized spacial score (nSPS) is 16.8. The van der Waals surface area contributed by atoms with Gasteiger partial charge >= 0.3 is 0 Å². The number of hydrogen-bond donors (Lipinski definition) is 2. The summed E-state index contributed by atoms with van der Waals surface area (Å²) < 4.78 is 5.22. The van der Waals surface area contributed by atoms with Crippen molar-refractivity contribution < 1.29 is 14.3 Å². The molecule has 1 aromatic carbocycles. The maximum atomic E-state index is 12.2. The third-order valence-corrected chi connectivity index (χ3v) is 3.32. The summed E-state index contributed by atoms with van der Waals surface area (Å²) in [7, 11) is 0. The third-order valence-electron chi connectivity index (χ3n) is 3.32. The lowest BCUT2D eigenvalue weighted by Gasteiger charge is -2.26. The second-order valence-electron chi connectivity index (χ2n) is 4.81. The molecule has 6 nitrogen and oxygen atoms in total. The fraction of sp³-hybridized carbons (Fsp3) is 0.429. The van der Waals surface area contributed by atoms with Gasteiger partial charge in [-0.15, -0.1) is 0 Å². The first-order valence-electron chi connectivity index (χ1n) is 6.59. The monoisotopic (exact) mass is 277 g/mol. The Morgan fingerprint density at radius 3 is 2.35 bits per heavy atom. The molecular weight excluding hydrogens is 258 g/mol. The van der Waals surface area contributed by atoms with Gasteiger partial charge < -0.3 is 21.1 Å². The molecule has 1 atom stereocenters. The first kappa shape index (κ1) is 14.5. The maximum Gasteiger partial charge on any atom is 0.254 e. The second-order valence-corrected chi connectivity index (χ2v) is 4.81. The number of benzene rings is 1. The van der Waals surface area contributed by atoms with Crippen LogP contribution in [0.1, 0.15) is 15.9 Å². The van der Waals surface area contributed by atoms with Crippen molar-refractivity contribution in [2.24, 2.45) is 11.5 Å². The van der Waals surface area contributed by atoms with Gasteiger partial charge in [-0.05, 0) is 24.1 Å². The Hall–Kier alpha value is -1.92. The molecule has 1 fully saturated rings. The van der Waals surface area contributed by atoms with Crippen LogP contribution in [0.2, 0.25) is 0 Å². The molecular formula is C14H19N3O3. The van der Waals surface area contributed by atoms with Crippen LogP contribution in [0.4, 0.5) is 0 Å². The Kier molecular flexibility index (Phi) is 4.70. The Balaban J connectivity index is 2.00. The van der Waals surface area contributed by atoms with Gasteiger partial charge in [-0.25, -0.2) is 0 Å². The molecule has 1 aliphatic rings. The first-order chi connectivity index (χ1) is 9.58. The van der Waals surface area contributed by atoms with E-state index in [0.717, 1.165) is 5.56 Å². The zero-order valence-corrected chi connectivity index (χ0v) is 11.2. The molecule has 0 aliphatic carbocycles. The van der Waals surface area contributed by atoms with E-state index < -0.39 is 11.9 Å². The molecule has 1 aromatic rings. The number of carbonyl (C=O) groups excluding carboxylic acids is 2. The van der Waals surface area contributed by atoms with Crippen LogP contribution in [-0.4, -0.2) is 49.1 Å². The van der Waals surface area contributed by atoms with E-state index in [1.54, 1.807) is 29.2 Å². The molecule has 0 unspecified atom stereocenters. The molecule has 20 heavy (non-hydrogen) atoms. The predicted octanol–water partition coefficient (Wildman–Crippen LogP) is -0.486. The van der Waals surface area contributed by atoms with Crippen LogP contribution < -0.4 is 11.5 Å². The predicted molar refractivity (Wildman–Crippen MR) is 74.0 cm³/mol. The van der Waals surface area contributed by atoms with Crippen LogP contribution in [0.15, 0.2) is 24.3 Å². The summed E-state index contributed by atoms with van der Waals surface area (Å²) in [5.41, 5.74) is 12.2. The van der Waals surface area contributed by atoms with Gasteiger partial charge in [0.2, 0.25) is 5.91 Å². The summed E-state index contributed by atoms with van der Waals surface area (Å²) in [6.45, 7) is 2.40. The summed E-state index contributed by atoms with van der Waals surface area (Å²) in [6, 6.07) is 6.41. The highest BCUT2D eigenvalue weighted by atomic mass is 16.5. The van der Waals surface area contributed by atoms with Crippen LogP contribution in [0.5, 0.6) is 0 Å². The Morgan fingerprint density at radius 2 is 1.80 bits per heavy atom. The fourth-order valence-electron chi connectivity index (χ4n) is 2.09. The standard InChI is InChI=1S/C14H19N3O3/c15-12(13(16)18)9-10-1-3-11(4-2-10)14(19)17-5-7-20-8-6-17/h1-4,12H,5-9,15H2,(H2,16,18)/t12-/m0/s1. The van der Waals surface area contributed by atoms with Crippen molar-refractivity contribution in [2.75, 3.05) is 26.3 Å². The number of ether oxygens (including phenoxy) is 1. The Labute approximate surface area is 117 Å². The summed E-state index contributed by atoms with van der Waals surface area (Å²) >= 11 is 0. The highest BCUT2D eigenvalue weighted by molar-refractivity contribution is 5.94. The third kappa shape index (κ3) is 3.55. The van der Waals surface area contributed by atoms with Crippen LogP contribution in [0, 0.1) is 0 Å². The van der Waals surface area contributed by atoms with Crippen LogP contribution in [0.3, 0.4) is 0 Å². The zero-order chi connectivity index (χ0) is 14.5. The topological polar surface area (TPSA) is 98.7 Å². The van der Waals surface area contributed by atoms with Gasteiger partial charge in [0.05, 0.1) is 19.3 Å². The molecule has 0 radical (unpaired) electrons. The number of amides is 2. The lowest BCUT2D eigenvalue weighted by molar-refractivity contribution is -0.119. The molecule has 4 N–H and O–H groups in total. The number of nitrogens with zero attached hydrogens (tertiary/aromatic N) is 1. The number of hydrogen-bond acceptors (Lipinski definition) is 4. The van der Waals surface area contributed by atoms with E-state index in [-0.39, 0.29) is 5.91 Å². The average molecular weight is 277 g/mol. The van der Waals surface area contributed by atoms with Gasteiger partial charge in [0.1, 0.15) is 0 Å². The molecule has 1 aliphatic heterocycles. The molecule has 2 amide bonds. The highest BCUT2D eigenvalue weighted by Crippen LogP contribution is 2.10. The van der Waals surface area contributed by atoms with Gasteiger partial charge in [0, 0.05) is 18.7 Å². The lowest BCUT2D eigenvalue weighted by atomic mass is 10.0. The van der Waals surface area contributed by atoms with Crippen molar-refractivity contribution in [1.29, 1.82) is 0 Å². The van der Waals surface area contributed by atoms with E-state index in [1.807, 2.05) is 0 Å². The van der Waals surface area contributed by atoms with Crippen molar-refractivity contribution in [3.05, 3.63) is 35.4 Å². The van der Waals surface area contributed by atoms with Crippen molar-refractivity contribution in [2.45, 2.75) is 12.5 Å². The number of rotatable bonds is 4. The van der Waals surface area contributed by atoms with E-state index in [0.29, 0.717) is 38.3 Å². The molecule has 108 valence electrons. The van der Waals surface area contributed by atoms with Crippen molar-refractivity contribution in [3.8, 4) is 0 Å². The van der Waals surface area contributed by atoms with Crippen molar-refractivity contribution in [3.63, 3.8) is 0 Å².